The molecule has 31 heavy (non-hydrogen) atoms. The Morgan fingerprint density at radius 1 is 1.16 bits per heavy atom. The van der Waals surface area contributed by atoms with Gasteiger partial charge in [-0.2, -0.15) is 0 Å². The van der Waals surface area contributed by atoms with Gasteiger partial charge in [-0.1, -0.05) is 24.3 Å². The lowest BCUT2D eigenvalue weighted by Gasteiger charge is -2.26. The van der Waals surface area contributed by atoms with Gasteiger partial charge in [-0.25, -0.2) is 0 Å². The average molecular weight is 433 g/mol. The topological polar surface area (TPSA) is 81.0 Å². The molecule has 5 rings (SSSR count). The van der Waals surface area contributed by atoms with Gasteiger partial charge < -0.3 is 15.3 Å². The van der Waals surface area contributed by atoms with Crippen LogP contribution in [0.25, 0.3) is 10.9 Å². The Hall–Kier alpha value is -3.16. The van der Waals surface area contributed by atoms with Crippen molar-refractivity contribution in [1.29, 1.82) is 0 Å². The number of rotatable bonds is 5. The molecular formula is C24H24N4O2S. The van der Waals surface area contributed by atoms with Crippen LogP contribution < -0.4 is 10.9 Å². The molecule has 3 aromatic heterocycles. The Morgan fingerprint density at radius 3 is 2.84 bits per heavy atom. The van der Waals surface area contributed by atoms with Crippen LogP contribution in [0.5, 0.6) is 0 Å². The van der Waals surface area contributed by atoms with Crippen LogP contribution in [0, 0.1) is 0 Å². The fourth-order valence-electron chi connectivity index (χ4n) is 4.29. The summed E-state index contributed by atoms with van der Waals surface area (Å²) in [5.74, 6) is -0.352. The van der Waals surface area contributed by atoms with Crippen LogP contribution in [-0.2, 0) is 19.5 Å². The van der Waals surface area contributed by atoms with Crippen molar-refractivity contribution in [1.82, 2.24) is 20.2 Å². The lowest BCUT2D eigenvalue weighted by molar-refractivity contribution is 0.0939. The van der Waals surface area contributed by atoms with E-state index < -0.39 is 0 Å². The number of H-pyrrole nitrogens is 2. The number of hydrogen-bond acceptors (Lipinski definition) is 4. The van der Waals surface area contributed by atoms with Gasteiger partial charge >= 0.3 is 0 Å². The van der Waals surface area contributed by atoms with Crippen LogP contribution in [0.2, 0.25) is 0 Å². The van der Waals surface area contributed by atoms with Crippen LogP contribution in [0.4, 0.5) is 0 Å². The van der Waals surface area contributed by atoms with Gasteiger partial charge in [-0.15, -0.1) is 11.3 Å². The zero-order chi connectivity index (χ0) is 21.4. The predicted octanol–water partition coefficient (Wildman–Crippen LogP) is 3.97. The number of aromatic nitrogens is 2. The number of carbonyl (C=O) groups excluding carboxylic acids is 1. The van der Waals surface area contributed by atoms with Crippen molar-refractivity contribution in [2.45, 2.75) is 32.5 Å². The number of carbonyl (C=O) groups is 1. The Balaban J connectivity index is 1.27. The van der Waals surface area contributed by atoms with Crippen LogP contribution in [-0.4, -0.2) is 27.3 Å². The molecule has 6 nitrogen and oxygen atoms in total. The standard InChI is InChI=1S/C24H24N4O2S/c1-15(22-7-4-12-31-22)25-23(29)19-9-8-16(26-24(19)30)13-28-11-10-18-17-5-2-3-6-20(17)27-21(18)14-28/h2-9,12,15,27H,10-11,13-14H2,1H3,(H,25,29)(H,26,30)/t15-/m0/s1. The molecule has 3 N–H and O–H groups in total. The van der Waals surface area contributed by atoms with E-state index in [0.717, 1.165) is 30.1 Å². The number of pyridine rings is 1. The minimum atomic E-state index is -0.352. The van der Waals surface area contributed by atoms with E-state index in [9.17, 15) is 9.59 Å². The first kappa shape index (κ1) is 19.8. The summed E-state index contributed by atoms with van der Waals surface area (Å²) < 4.78 is 0. The van der Waals surface area contributed by atoms with E-state index in [4.69, 9.17) is 0 Å². The fraction of sp³-hybridized carbons (Fsp3) is 0.250. The van der Waals surface area contributed by atoms with Gasteiger partial charge in [0.15, 0.2) is 0 Å². The fourth-order valence-corrected chi connectivity index (χ4v) is 5.03. The van der Waals surface area contributed by atoms with E-state index >= 15 is 0 Å². The maximum atomic E-state index is 12.6. The maximum absolute atomic E-state index is 12.6. The Bertz CT molecular complexity index is 1290. The second-order valence-electron chi connectivity index (χ2n) is 8.03. The lowest BCUT2D eigenvalue weighted by Crippen LogP contribution is -2.33. The van der Waals surface area contributed by atoms with Crippen molar-refractivity contribution in [3.05, 3.63) is 91.7 Å². The molecule has 1 aliphatic heterocycles. The van der Waals surface area contributed by atoms with E-state index in [1.165, 1.54) is 22.2 Å². The van der Waals surface area contributed by atoms with Crippen molar-refractivity contribution in [2.75, 3.05) is 6.54 Å². The smallest absolute Gasteiger partial charge is 0.261 e. The summed E-state index contributed by atoms with van der Waals surface area (Å²) in [6, 6.07) is 15.7. The second kappa shape index (κ2) is 8.17. The molecule has 0 unspecified atom stereocenters. The molecule has 0 saturated heterocycles. The number of para-hydroxylation sites is 1. The molecule has 1 atom stereocenters. The van der Waals surface area contributed by atoms with Crippen molar-refractivity contribution in [3.8, 4) is 0 Å². The highest BCUT2D eigenvalue weighted by atomic mass is 32.1. The van der Waals surface area contributed by atoms with Gasteiger partial charge in [-0.05, 0) is 48.6 Å². The van der Waals surface area contributed by atoms with Gasteiger partial charge in [-0.3, -0.25) is 14.5 Å². The summed E-state index contributed by atoms with van der Waals surface area (Å²) in [5, 5.41) is 6.18. The van der Waals surface area contributed by atoms with E-state index in [0.29, 0.717) is 6.54 Å². The minimum Gasteiger partial charge on any atom is -0.357 e. The Labute approximate surface area is 183 Å². The first-order valence-corrected chi connectivity index (χ1v) is 11.3. The molecule has 0 saturated carbocycles. The number of nitrogens with one attached hydrogen (secondary N) is 3. The van der Waals surface area contributed by atoms with Crippen molar-refractivity contribution in [3.63, 3.8) is 0 Å². The quantitative estimate of drug-likeness (QED) is 0.446. The number of hydrogen-bond donors (Lipinski definition) is 3. The monoisotopic (exact) mass is 432 g/mol. The first-order valence-electron chi connectivity index (χ1n) is 10.5. The molecular weight excluding hydrogens is 408 g/mol. The van der Waals surface area contributed by atoms with Gasteiger partial charge in [0.25, 0.3) is 11.5 Å². The molecule has 4 aromatic rings. The number of benzene rings is 1. The third kappa shape index (κ3) is 3.94. The van der Waals surface area contributed by atoms with Crippen molar-refractivity contribution in [2.24, 2.45) is 0 Å². The van der Waals surface area contributed by atoms with Gasteiger partial charge in [0.2, 0.25) is 0 Å². The zero-order valence-corrected chi connectivity index (χ0v) is 18.1. The van der Waals surface area contributed by atoms with Gasteiger partial charge in [0.1, 0.15) is 5.56 Å². The highest BCUT2D eigenvalue weighted by Crippen LogP contribution is 2.27. The summed E-state index contributed by atoms with van der Waals surface area (Å²) in [6.45, 7) is 4.29. The van der Waals surface area contributed by atoms with E-state index in [2.05, 4.69) is 38.4 Å². The summed E-state index contributed by atoms with van der Waals surface area (Å²) in [6.07, 6.45) is 0.977. The van der Waals surface area contributed by atoms with Gasteiger partial charge in [0, 0.05) is 46.8 Å². The Morgan fingerprint density at radius 2 is 2.03 bits per heavy atom. The minimum absolute atomic E-state index is 0.134. The predicted molar refractivity (Wildman–Crippen MR) is 123 cm³/mol. The summed E-state index contributed by atoms with van der Waals surface area (Å²) in [7, 11) is 0. The highest BCUT2D eigenvalue weighted by molar-refractivity contribution is 7.10. The summed E-state index contributed by atoms with van der Waals surface area (Å²) in [4.78, 5) is 34.9. The number of amides is 1. The SMILES string of the molecule is C[C@H](NC(=O)c1ccc(CN2CCc3c([nH]c4ccccc34)C2)[nH]c1=O)c1cccs1. The molecule has 158 valence electrons. The molecule has 1 aliphatic rings. The number of thiophene rings is 1. The third-order valence-corrected chi connectivity index (χ3v) is 6.94. The molecule has 0 aliphatic carbocycles. The molecule has 0 bridgehead atoms. The van der Waals surface area contributed by atoms with Crippen molar-refractivity contribution >= 4 is 28.1 Å². The molecule has 7 heteroatoms. The van der Waals surface area contributed by atoms with E-state index in [1.54, 1.807) is 17.4 Å². The Kier molecular flexibility index (Phi) is 5.21. The van der Waals surface area contributed by atoms with Crippen LogP contribution in [0.1, 0.15) is 45.2 Å². The molecule has 4 heterocycles. The average Bonchev–Trinajstić information content (AvgIpc) is 3.41. The highest BCUT2D eigenvalue weighted by Gasteiger charge is 2.21. The second-order valence-corrected chi connectivity index (χ2v) is 9.00. The molecule has 0 fully saturated rings. The summed E-state index contributed by atoms with van der Waals surface area (Å²) in [5.41, 5.74) is 4.42. The van der Waals surface area contributed by atoms with E-state index in [1.807, 2.05) is 36.6 Å². The number of nitrogens with zero attached hydrogens (tertiary/aromatic N) is 1. The largest absolute Gasteiger partial charge is 0.357 e. The molecule has 1 aromatic carbocycles. The van der Waals surface area contributed by atoms with Gasteiger partial charge in [0.05, 0.1) is 6.04 Å². The molecule has 0 radical (unpaired) electrons. The first-order chi connectivity index (χ1) is 15.1. The summed E-state index contributed by atoms with van der Waals surface area (Å²) >= 11 is 1.58. The van der Waals surface area contributed by atoms with Crippen LogP contribution in [0.3, 0.4) is 0 Å². The van der Waals surface area contributed by atoms with E-state index in [-0.39, 0.29) is 23.1 Å². The number of aromatic amines is 2. The van der Waals surface area contributed by atoms with Crippen LogP contribution >= 0.6 is 11.3 Å². The maximum Gasteiger partial charge on any atom is 0.261 e. The normalized spacial score (nSPS) is 15.0. The zero-order valence-electron chi connectivity index (χ0n) is 17.3. The molecule has 1 amide bonds. The van der Waals surface area contributed by atoms with Crippen molar-refractivity contribution < 1.29 is 4.79 Å². The third-order valence-electron chi connectivity index (χ3n) is 5.89. The number of fused-ring (bicyclic) bond motifs is 3. The molecule has 0 spiro atoms. The van der Waals surface area contributed by atoms with Crippen LogP contribution in [0.15, 0.2) is 58.7 Å². The lowest BCUT2D eigenvalue weighted by atomic mass is 10.0.